The van der Waals surface area contributed by atoms with Crippen LogP contribution in [0.3, 0.4) is 0 Å². The third kappa shape index (κ3) is 4.60. The number of aliphatic hydroxyl groups is 1. The average molecular weight is 186 g/mol. The van der Waals surface area contributed by atoms with E-state index >= 15 is 0 Å². The van der Waals surface area contributed by atoms with Gasteiger partial charge in [0.1, 0.15) is 0 Å². The Labute approximate surface area is 80.7 Å². The predicted octanol–water partition coefficient (Wildman–Crippen LogP) is 0.617. The van der Waals surface area contributed by atoms with Crippen LogP contribution in [0.2, 0.25) is 0 Å². The van der Waals surface area contributed by atoms with Crippen LogP contribution in [-0.2, 0) is 0 Å². The van der Waals surface area contributed by atoms with Gasteiger partial charge in [-0.1, -0.05) is 0 Å². The maximum absolute atomic E-state index is 9.06. The van der Waals surface area contributed by atoms with Crippen LogP contribution in [0.15, 0.2) is 0 Å². The fourth-order valence-corrected chi connectivity index (χ4v) is 1.82. The van der Waals surface area contributed by atoms with Gasteiger partial charge < -0.3 is 16.2 Å². The summed E-state index contributed by atoms with van der Waals surface area (Å²) < 4.78 is 0. The first-order valence-electron chi connectivity index (χ1n) is 5.35. The average Bonchev–Trinajstić information content (AvgIpc) is 2.08. The van der Waals surface area contributed by atoms with E-state index in [1.165, 1.54) is 12.8 Å². The summed E-state index contributed by atoms with van der Waals surface area (Å²) in [5.74, 6) is 0. The Bertz CT molecular complexity index is 131. The van der Waals surface area contributed by atoms with E-state index in [1.807, 2.05) is 6.92 Å². The molecule has 13 heavy (non-hydrogen) atoms. The second kappa shape index (κ2) is 5.58. The van der Waals surface area contributed by atoms with Crippen molar-refractivity contribution in [1.29, 1.82) is 0 Å². The number of nitrogens with one attached hydrogen (secondary N) is 1. The molecule has 0 heterocycles. The van der Waals surface area contributed by atoms with Gasteiger partial charge in [0.25, 0.3) is 0 Å². The molecule has 1 fully saturated rings. The van der Waals surface area contributed by atoms with Crippen LogP contribution in [-0.4, -0.2) is 29.8 Å². The normalized spacial score (nSPS) is 31.6. The molecule has 1 rings (SSSR count). The van der Waals surface area contributed by atoms with Gasteiger partial charge in [0, 0.05) is 12.1 Å². The van der Waals surface area contributed by atoms with Crippen molar-refractivity contribution in [2.24, 2.45) is 5.73 Å². The topological polar surface area (TPSA) is 58.3 Å². The Morgan fingerprint density at radius 1 is 1.38 bits per heavy atom. The van der Waals surface area contributed by atoms with Crippen LogP contribution >= 0.6 is 0 Å². The molecular formula is C10H22N2O. The van der Waals surface area contributed by atoms with E-state index in [9.17, 15) is 0 Å². The predicted molar refractivity (Wildman–Crippen MR) is 54.5 cm³/mol. The van der Waals surface area contributed by atoms with Crippen LogP contribution in [0, 0.1) is 0 Å². The van der Waals surface area contributed by atoms with Crippen molar-refractivity contribution >= 4 is 0 Å². The summed E-state index contributed by atoms with van der Waals surface area (Å²) in [6.45, 7) is 2.76. The molecule has 1 unspecified atom stereocenters. The van der Waals surface area contributed by atoms with E-state index in [2.05, 4.69) is 5.32 Å². The van der Waals surface area contributed by atoms with Gasteiger partial charge in [0.05, 0.1) is 6.10 Å². The molecule has 78 valence electrons. The third-order valence-corrected chi connectivity index (χ3v) is 2.77. The van der Waals surface area contributed by atoms with Crippen LogP contribution in [0.4, 0.5) is 0 Å². The minimum Gasteiger partial charge on any atom is -0.393 e. The molecule has 0 bridgehead atoms. The third-order valence-electron chi connectivity index (χ3n) is 2.77. The summed E-state index contributed by atoms with van der Waals surface area (Å²) >= 11 is 0. The minimum absolute atomic E-state index is 0.182. The quantitative estimate of drug-likeness (QED) is 0.603. The Morgan fingerprint density at radius 2 is 2.00 bits per heavy atom. The fourth-order valence-electron chi connectivity index (χ4n) is 1.82. The zero-order valence-corrected chi connectivity index (χ0v) is 8.50. The Morgan fingerprint density at radius 3 is 2.54 bits per heavy atom. The standard InChI is InChI=1S/C10H22N2O/c1-8(13)6-7-12-10-4-2-9(11)3-5-10/h8-10,12-13H,2-7,11H2,1H3. The minimum atomic E-state index is -0.182. The summed E-state index contributed by atoms with van der Waals surface area (Å²) in [7, 11) is 0. The van der Waals surface area contributed by atoms with E-state index in [4.69, 9.17) is 10.8 Å². The lowest BCUT2D eigenvalue weighted by atomic mass is 9.92. The zero-order valence-electron chi connectivity index (χ0n) is 8.50. The molecule has 0 aliphatic heterocycles. The zero-order chi connectivity index (χ0) is 9.68. The van der Waals surface area contributed by atoms with Gasteiger partial charge in [-0.25, -0.2) is 0 Å². The molecule has 0 aromatic heterocycles. The number of rotatable bonds is 4. The summed E-state index contributed by atoms with van der Waals surface area (Å²) in [4.78, 5) is 0. The van der Waals surface area contributed by atoms with E-state index in [0.717, 1.165) is 25.8 Å². The van der Waals surface area contributed by atoms with E-state index in [1.54, 1.807) is 0 Å². The van der Waals surface area contributed by atoms with Crippen molar-refractivity contribution < 1.29 is 5.11 Å². The molecule has 0 radical (unpaired) electrons. The van der Waals surface area contributed by atoms with Gasteiger partial charge in [0.2, 0.25) is 0 Å². The maximum Gasteiger partial charge on any atom is 0.0524 e. The van der Waals surface area contributed by atoms with Crippen molar-refractivity contribution in [3.05, 3.63) is 0 Å². The smallest absolute Gasteiger partial charge is 0.0524 e. The molecule has 1 atom stereocenters. The van der Waals surface area contributed by atoms with Crippen molar-refractivity contribution in [2.45, 2.75) is 57.2 Å². The Kier molecular flexibility index (Phi) is 4.70. The van der Waals surface area contributed by atoms with Gasteiger partial charge in [-0.3, -0.25) is 0 Å². The fraction of sp³-hybridized carbons (Fsp3) is 1.00. The number of hydrogen-bond acceptors (Lipinski definition) is 3. The molecular weight excluding hydrogens is 164 g/mol. The van der Waals surface area contributed by atoms with Gasteiger partial charge in [-0.15, -0.1) is 0 Å². The van der Waals surface area contributed by atoms with Gasteiger partial charge in [-0.2, -0.15) is 0 Å². The Balaban J connectivity index is 2.02. The lowest BCUT2D eigenvalue weighted by Crippen LogP contribution is -2.38. The Hall–Kier alpha value is -0.120. The van der Waals surface area contributed by atoms with Crippen LogP contribution in [0.25, 0.3) is 0 Å². The molecule has 0 spiro atoms. The van der Waals surface area contributed by atoms with Gasteiger partial charge in [0.15, 0.2) is 0 Å². The summed E-state index contributed by atoms with van der Waals surface area (Å²) in [6.07, 6.45) is 5.35. The molecule has 0 saturated heterocycles. The molecule has 3 heteroatoms. The lowest BCUT2D eigenvalue weighted by Gasteiger charge is -2.27. The molecule has 4 N–H and O–H groups in total. The second-order valence-electron chi connectivity index (χ2n) is 4.20. The highest BCUT2D eigenvalue weighted by atomic mass is 16.3. The first-order chi connectivity index (χ1) is 6.18. The lowest BCUT2D eigenvalue weighted by molar-refractivity contribution is 0.180. The monoisotopic (exact) mass is 186 g/mol. The van der Waals surface area contributed by atoms with Crippen molar-refractivity contribution in [1.82, 2.24) is 5.32 Å². The largest absolute Gasteiger partial charge is 0.393 e. The summed E-state index contributed by atoms with van der Waals surface area (Å²) in [5, 5.41) is 12.5. The molecule has 3 nitrogen and oxygen atoms in total. The first kappa shape index (κ1) is 11.0. The number of nitrogens with two attached hydrogens (primary N) is 1. The van der Waals surface area contributed by atoms with Gasteiger partial charge in [-0.05, 0) is 45.6 Å². The van der Waals surface area contributed by atoms with E-state index in [0.29, 0.717) is 12.1 Å². The van der Waals surface area contributed by atoms with Crippen molar-refractivity contribution in [2.75, 3.05) is 6.54 Å². The number of hydrogen-bond donors (Lipinski definition) is 3. The summed E-state index contributed by atoms with van der Waals surface area (Å²) in [5.41, 5.74) is 5.81. The van der Waals surface area contributed by atoms with Crippen LogP contribution in [0.1, 0.15) is 39.0 Å². The highest BCUT2D eigenvalue weighted by molar-refractivity contribution is 4.78. The van der Waals surface area contributed by atoms with Crippen molar-refractivity contribution in [3.8, 4) is 0 Å². The van der Waals surface area contributed by atoms with Crippen LogP contribution < -0.4 is 11.1 Å². The SMILES string of the molecule is CC(O)CCNC1CCC(N)CC1. The van der Waals surface area contributed by atoms with Gasteiger partial charge >= 0.3 is 0 Å². The van der Waals surface area contributed by atoms with E-state index in [-0.39, 0.29) is 6.10 Å². The molecule has 1 saturated carbocycles. The first-order valence-corrected chi connectivity index (χ1v) is 5.35. The maximum atomic E-state index is 9.06. The molecule has 0 amide bonds. The second-order valence-corrected chi connectivity index (χ2v) is 4.20. The number of aliphatic hydroxyl groups excluding tert-OH is 1. The molecule has 1 aliphatic carbocycles. The summed E-state index contributed by atoms with van der Waals surface area (Å²) in [6, 6.07) is 1.06. The molecule has 1 aliphatic rings. The highest BCUT2D eigenvalue weighted by Gasteiger charge is 2.17. The van der Waals surface area contributed by atoms with E-state index < -0.39 is 0 Å². The highest BCUT2D eigenvalue weighted by Crippen LogP contribution is 2.16. The molecule has 0 aromatic rings. The van der Waals surface area contributed by atoms with Crippen LogP contribution in [0.5, 0.6) is 0 Å². The van der Waals surface area contributed by atoms with Crippen molar-refractivity contribution in [3.63, 3.8) is 0 Å². The molecule has 0 aromatic carbocycles.